The summed E-state index contributed by atoms with van der Waals surface area (Å²) in [7, 11) is 0. The largest absolute Gasteiger partial charge is 0.399 e. The van der Waals surface area contributed by atoms with Crippen molar-refractivity contribution in [1.29, 1.82) is 0 Å². The Morgan fingerprint density at radius 3 is 2.40 bits per heavy atom. The number of nitrogen functional groups attached to an aromatic ring is 1. The molecule has 1 amide bonds. The van der Waals surface area contributed by atoms with Gasteiger partial charge < -0.3 is 11.1 Å². The Bertz CT molecular complexity index is 907. The van der Waals surface area contributed by atoms with Crippen molar-refractivity contribution in [2.45, 2.75) is 6.54 Å². The van der Waals surface area contributed by atoms with Gasteiger partial charge in [0.05, 0.1) is 11.4 Å². The molecule has 0 spiro atoms. The van der Waals surface area contributed by atoms with Gasteiger partial charge >= 0.3 is 0 Å². The molecule has 0 atom stereocenters. The Labute approximate surface area is 144 Å². The fourth-order valence-electron chi connectivity index (χ4n) is 2.29. The average molecular weight is 332 g/mol. The number of hydrogen-bond acceptors (Lipinski definition) is 5. The van der Waals surface area contributed by atoms with E-state index in [-0.39, 0.29) is 5.91 Å². The van der Waals surface area contributed by atoms with E-state index in [0.29, 0.717) is 34.7 Å². The van der Waals surface area contributed by atoms with E-state index in [1.54, 1.807) is 42.6 Å². The van der Waals surface area contributed by atoms with Gasteiger partial charge in [0.15, 0.2) is 0 Å². The van der Waals surface area contributed by atoms with Gasteiger partial charge in [-0.25, -0.2) is 0 Å². The van der Waals surface area contributed by atoms with Crippen molar-refractivity contribution in [3.8, 4) is 11.4 Å². The minimum absolute atomic E-state index is 0.216. The molecule has 6 heteroatoms. The van der Waals surface area contributed by atoms with Crippen molar-refractivity contribution < 1.29 is 9.59 Å². The summed E-state index contributed by atoms with van der Waals surface area (Å²) in [5, 5.41) is 2.85. The summed E-state index contributed by atoms with van der Waals surface area (Å²) in [6.45, 7) is 0.398. The summed E-state index contributed by atoms with van der Waals surface area (Å²) in [5.41, 5.74) is 9.33. The van der Waals surface area contributed by atoms with Crippen molar-refractivity contribution in [1.82, 2.24) is 15.3 Å². The summed E-state index contributed by atoms with van der Waals surface area (Å²) in [6.07, 6.45) is 3.83. The Morgan fingerprint density at radius 2 is 1.68 bits per heavy atom. The van der Waals surface area contributed by atoms with Gasteiger partial charge in [0.2, 0.25) is 0 Å². The predicted octanol–water partition coefficient (Wildman–Crippen LogP) is 2.47. The fourth-order valence-corrected chi connectivity index (χ4v) is 2.29. The first-order valence-corrected chi connectivity index (χ1v) is 7.66. The monoisotopic (exact) mass is 332 g/mol. The van der Waals surface area contributed by atoms with Crippen molar-refractivity contribution >= 4 is 17.9 Å². The van der Waals surface area contributed by atoms with E-state index in [0.717, 1.165) is 11.8 Å². The van der Waals surface area contributed by atoms with Crippen molar-refractivity contribution in [2.24, 2.45) is 0 Å². The van der Waals surface area contributed by atoms with E-state index in [4.69, 9.17) is 5.73 Å². The van der Waals surface area contributed by atoms with Gasteiger partial charge in [-0.05, 0) is 42.0 Å². The van der Waals surface area contributed by atoms with E-state index < -0.39 is 0 Å². The fraction of sp³-hybridized carbons (Fsp3) is 0.0526. The van der Waals surface area contributed by atoms with Crippen LogP contribution in [0.3, 0.4) is 0 Å². The van der Waals surface area contributed by atoms with Gasteiger partial charge in [-0.3, -0.25) is 19.6 Å². The molecule has 0 fully saturated rings. The first kappa shape index (κ1) is 16.3. The molecule has 0 aliphatic rings. The molecule has 0 bridgehead atoms. The number of nitrogens with two attached hydrogens (primary N) is 1. The molecule has 3 rings (SSSR count). The molecule has 0 saturated heterocycles. The Balaban J connectivity index is 1.75. The second-order valence-electron chi connectivity index (χ2n) is 5.45. The van der Waals surface area contributed by atoms with Crippen LogP contribution in [0, 0.1) is 0 Å². The highest BCUT2D eigenvalue weighted by molar-refractivity contribution is 5.95. The van der Waals surface area contributed by atoms with Crippen LogP contribution in [0.15, 0.2) is 60.9 Å². The third-order valence-corrected chi connectivity index (χ3v) is 3.64. The molecule has 3 N–H and O–H groups in total. The molecular formula is C19H16N4O2. The van der Waals surface area contributed by atoms with Crippen LogP contribution >= 0.6 is 0 Å². The summed E-state index contributed by atoms with van der Waals surface area (Å²) >= 11 is 0. The zero-order chi connectivity index (χ0) is 17.6. The second-order valence-corrected chi connectivity index (χ2v) is 5.45. The van der Waals surface area contributed by atoms with Crippen LogP contribution in [0.25, 0.3) is 11.4 Å². The molecular weight excluding hydrogens is 316 g/mol. The molecule has 0 aliphatic heterocycles. The van der Waals surface area contributed by atoms with Gasteiger partial charge in [0, 0.05) is 35.8 Å². The molecule has 25 heavy (non-hydrogen) atoms. The summed E-state index contributed by atoms with van der Waals surface area (Å²) < 4.78 is 0. The number of hydrogen-bond donors (Lipinski definition) is 2. The van der Waals surface area contributed by atoms with Crippen LogP contribution in [0.4, 0.5) is 5.69 Å². The Hall–Kier alpha value is -3.54. The molecule has 124 valence electrons. The highest BCUT2D eigenvalue weighted by atomic mass is 16.1. The van der Waals surface area contributed by atoms with E-state index in [2.05, 4.69) is 15.3 Å². The topological polar surface area (TPSA) is 98.0 Å². The maximum Gasteiger partial charge on any atom is 0.251 e. The molecule has 0 aliphatic carbocycles. The highest BCUT2D eigenvalue weighted by Gasteiger charge is 2.09. The van der Waals surface area contributed by atoms with Crippen molar-refractivity contribution in [3.05, 3.63) is 77.6 Å². The van der Waals surface area contributed by atoms with Gasteiger partial charge in [-0.1, -0.05) is 12.1 Å². The lowest BCUT2D eigenvalue weighted by molar-refractivity contribution is 0.0950. The normalized spacial score (nSPS) is 10.2. The number of nitrogens with zero attached hydrogens (tertiary/aromatic N) is 2. The maximum atomic E-state index is 12.4. The number of nitrogens with one attached hydrogen (secondary N) is 1. The lowest BCUT2D eigenvalue weighted by atomic mass is 10.1. The molecule has 0 radical (unpaired) electrons. The van der Waals surface area contributed by atoms with Gasteiger partial charge in [0.1, 0.15) is 6.29 Å². The van der Waals surface area contributed by atoms with E-state index in [9.17, 15) is 9.59 Å². The van der Waals surface area contributed by atoms with Crippen LogP contribution < -0.4 is 11.1 Å². The lowest BCUT2D eigenvalue weighted by Gasteiger charge is -2.07. The summed E-state index contributed by atoms with van der Waals surface area (Å²) in [4.78, 5) is 31.7. The first-order valence-electron chi connectivity index (χ1n) is 7.66. The van der Waals surface area contributed by atoms with E-state index in [1.807, 2.05) is 12.1 Å². The van der Waals surface area contributed by atoms with E-state index in [1.165, 1.54) is 6.20 Å². The number of aromatic nitrogens is 2. The second kappa shape index (κ2) is 7.35. The molecule has 2 aromatic heterocycles. The smallest absolute Gasteiger partial charge is 0.251 e. The number of pyridine rings is 2. The van der Waals surface area contributed by atoms with Gasteiger partial charge in [0.25, 0.3) is 5.91 Å². The predicted molar refractivity (Wildman–Crippen MR) is 94.9 cm³/mol. The standard InChI is InChI=1S/C19H16N4O2/c20-16-3-1-13(2-4-16)11-23-19(25)15-6-8-22-18(10-15)17-9-14(12-24)5-7-21-17/h1-10,12H,11,20H2,(H,23,25). The van der Waals surface area contributed by atoms with Crippen molar-refractivity contribution in [3.63, 3.8) is 0 Å². The molecule has 2 heterocycles. The number of aldehydes is 1. The van der Waals surface area contributed by atoms with Gasteiger partial charge in [-0.2, -0.15) is 0 Å². The minimum Gasteiger partial charge on any atom is -0.399 e. The van der Waals surface area contributed by atoms with E-state index >= 15 is 0 Å². The van der Waals surface area contributed by atoms with Crippen LogP contribution in [0.1, 0.15) is 26.3 Å². The Kier molecular flexibility index (Phi) is 4.80. The summed E-state index contributed by atoms with van der Waals surface area (Å²) in [5.74, 6) is -0.216. The third kappa shape index (κ3) is 4.06. The number of anilines is 1. The number of benzene rings is 1. The van der Waals surface area contributed by atoms with Gasteiger partial charge in [-0.15, -0.1) is 0 Å². The molecule has 1 aromatic carbocycles. The number of rotatable bonds is 5. The zero-order valence-corrected chi connectivity index (χ0v) is 13.3. The van der Waals surface area contributed by atoms with Crippen LogP contribution in [-0.4, -0.2) is 22.2 Å². The lowest BCUT2D eigenvalue weighted by Crippen LogP contribution is -2.22. The quantitative estimate of drug-likeness (QED) is 0.552. The number of amides is 1. The van der Waals surface area contributed by atoms with Crippen LogP contribution in [0.2, 0.25) is 0 Å². The maximum absolute atomic E-state index is 12.4. The molecule has 6 nitrogen and oxygen atoms in total. The van der Waals surface area contributed by atoms with Crippen LogP contribution in [0.5, 0.6) is 0 Å². The van der Waals surface area contributed by atoms with Crippen LogP contribution in [-0.2, 0) is 6.54 Å². The molecule has 0 unspecified atom stereocenters. The number of carbonyl (C=O) groups excluding carboxylic acids is 2. The summed E-state index contributed by atoms with van der Waals surface area (Å²) in [6, 6.07) is 13.8. The number of carbonyl (C=O) groups is 2. The first-order chi connectivity index (χ1) is 12.2. The highest BCUT2D eigenvalue weighted by Crippen LogP contribution is 2.16. The molecule has 3 aromatic rings. The SMILES string of the molecule is Nc1ccc(CNC(=O)c2ccnc(-c3cc(C=O)ccn3)c2)cc1. The molecule has 0 saturated carbocycles. The zero-order valence-electron chi connectivity index (χ0n) is 13.3. The minimum atomic E-state index is -0.216. The third-order valence-electron chi connectivity index (χ3n) is 3.64. The Morgan fingerprint density at radius 1 is 1.00 bits per heavy atom. The van der Waals surface area contributed by atoms with Crippen molar-refractivity contribution in [2.75, 3.05) is 5.73 Å². The average Bonchev–Trinajstić information content (AvgIpc) is 2.67.